The van der Waals surface area contributed by atoms with Gasteiger partial charge in [0, 0.05) is 23.2 Å². The molecule has 0 spiro atoms. The lowest BCUT2D eigenvalue weighted by Gasteiger charge is -2.31. The van der Waals surface area contributed by atoms with E-state index in [0.29, 0.717) is 5.75 Å². The first-order valence-electron chi connectivity index (χ1n) is 10.4. The molecule has 0 atom stereocenters. The molecular weight excluding hydrogens is 378 g/mol. The Kier molecular flexibility index (Phi) is 6.09. The number of nitrogens with zero attached hydrogens (tertiary/aromatic N) is 1. The number of phenolic OH excluding ortho intramolecular Hbond substituents is 1. The summed E-state index contributed by atoms with van der Waals surface area (Å²) < 4.78 is 0. The van der Waals surface area contributed by atoms with E-state index in [-0.39, 0.29) is 5.41 Å². The molecule has 5 aromatic rings. The van der Waals surface area contributed by atoms with Gasteiger partial charge < -0.3 is 5.11 Å². The lowest BCUT2D eigenvalue weighted by molar-refractivity contribution is 0.481. The monoisotopic (exact) mass is 403 g/mol. The number of phenols is 1. The molecule has 0 saturated heterocycles. The van der Waals surface area contributed by atoms with E-state index >= 15 is 0 Å². The molecular formula is C29H25NO. The van der Waals surface area contributed by atoms with Crippen molar-refractivity contribution in [1.29, 1.82) is 0 Å². The van der Waals surface area contributed by atoms with E-state index < -0.39 is 0 Å². The number of benzene rings is 4. The molecule has 152 valence electrons. The van der Waals surface area contributed by atoms with E-state index in [4.69, 9.17) is 0 Å². The first kappa shape index (κ1) is 20.4. The minimum absolute atomic E-state index is 0.161. The Labute approximate surface area is 183 Å². The van der Waals surface area contributed by atoms with Gasteiger partial charge in [-0.15, -0.1) is 0 Å². The zero-order chi connectivity index (χ0) is 21.5. The molecule has 0 radical (unpaired) electrons. The highest BCUT2D eigenvalue weighted by molar-refractivity contribution is 5.87. The van der Waals surface area contributed by atoms with Gasteiger partial charge in [-0.3, -0.25) is 4.98 Å². The van der Waals surface area contributed by atoms with Gasteiger partial charge in [0.2, 0.25) is 0 Å². The zero-order valence-electron chi connectivity index (χ0n) is 17.5. The third-order valence-electron chi connectivity index (χ3n) is 5.73. The second-order valence-electron chi connectivity index (χ2n) is 7.59. The Hall–Kier alpha value is -3.91. The zero-order valence-corrected chi connectivity index (χ0v) is 17.5. The minimum Gasteiger partial charge on any atom is -0.507 e. The van der Waals surface area contributed by atoms with Crippen LogP contribution >= 0.6 is 0 Å². The number of fused-ring (bicyclic) bond motifs is 1. The predicted octanol–water partition coefficient (Wildman–Crippen LogP) is 6.98. The van der Waals surface area contributed by atoms with E-state index in [1.807, 2.05) is 48.8 Å². The summed E-state index contributed by atoms with van der Waals surface area (Å²) >= 11 is 0. The summed E-state index contributed by atoms with van der Waals surface area (Å²) in [5, 5.41) is 11.4. The number of rotatable bonds is 3. The largest absolute Gasteiger partial charge is 0.507 e. The smallest absolute Gasteiger partial charge is 0.123 e. The van der Waals surface area contributed by atoms with Crippen LogP contribution in [0.1, 0.15) is 23.6 Å². The molecule has 5 rings (SSSR count). The normalized spacial score (nSPS) is 10.9. The van der Waals surface area contributed by atoms with Crippen LogP contribution in [0.4, 0.5) is 0 Å². The van der Waals surface area contributed by atoms with Gasteiger partial charge >= 0.3 is 0 Å². The average Bonchev–Trinajstić information content (AvgIpc) is 2.86. The summed E-state index contributed by atoms with van der Waals surface area (Å²) in [4.78, 5) is 4.15. The van der Waals surface area contributed by atoms with E-state index in [0.717, 1.165) is 10.8 Å². The van der Waals surface area contributed by atoms with E-state index in [9.17, 15) is 5.11 Å². The van der Waals surface area contributed by atoms with E-state index in [2.05, 4.69) is 84.7 Å². The Morgan fingerprint density at radius 2 is 1.03 bits per heavy atom. The van der Waals surface area contributed by atoms with Gasteiger partial charge in [0.15, 0.2) is 0 Å². The Bertz CT molecular complexity index is 1130. The second-order valence-corrected chi connectivity index (χ2v) is 7.59. The second kappa shape index (κ2) is 9.27. The van der Waals surface area contributed by atoms with Crippen LogP contribution in [0, 0.1) is 0 Å². The van der Waals surface area contributed by atoms with Crippen LogP contribution in [0.2, 0.25) is 0 Å². The van der Waals surface area contributed by atoms with Crippen LogP contribution < -0.4 is 0 Å². The van der Waals surface area contributed by atoms with Crippen LogP contribution in [-0.4, -0.2) is 10.1 Å². The van der Waals surface area contributed by atoms with Crippen molar-refractivity contribution in [1.82, 2.24) is 4.98 Å². The van der Waals surface area contributed by atoms with Crippen molar-refractivity contribution < 1.29 is 5.11 Å². The predicted molar refractivity (Wildman–Crippen MR) is 128 cm³/mol. The van der Waals surface area contributed by atoms with Gasteiger partial charge in [0.05, 0.1) is 0 Å². The molecule has 0 aliphatic rings. The van der Waals surface area contributed by atoms with Crippen molar-refractivity contribution in [3.05, 3.63) is 144 Å². The SMILES string of the molecule is CC(c1ccccc1)(c1ccccc1)c1ccncc1.Oc1cccc2ccccc12. The first-order chi connectivity index (χ1) is 15.2. The van der Waals surface area contributed by atoms with Gasteiger partial charge in [0.1, 0.15) is 5.75 Å². The minimum atomic E-state index is -0.161. The highest BCUT2D eigenvalue weighted by Gasteiger charge is 2.30. The molecule has 0 bridgehead atoms. The topological polar surface area (TPSA) is 33.1 Å². The fourth-order valence-electron chi connectivity index (χ4n) is 3.94. The van der Waals surface area contributed by atoms with Gasteiger partial charge in [-0.25, -0.2) is 0 Å². The van der Waals surface area contributed by atoms with E-state index in [1.165, 1.54) is 16.7 Å². The lowest BCUT2D eigenvalue weighted by atomic mass is 9.71. The quantitative estimate of drug-likeness (QED) is 0.352. The molecule has 1 heterocycles. The van der Waals surface area contributed by atoms with Crippen molar-refractivity contribution in [2.75, 3.05) is 0 Å². The Balaban J connectivity index is 0.000000177. The fourth-order valence-corrected chi connectivity index (χ4v) is 3.94. The number of aromatic hydroxyl groups is 1. The van der Waals surface area contributed by atoms with Crippen LogP contribution in [0.15, 0.2) is 128 Å². The van der Waals surface area contributed by atoms with Crippen molar-refractivity contribution in [2.24, 2.45) is 0 Å². The number of hydrogen-bond donors (Lipinski definition) is 1. The number of aromatic nitrogens is 1. The molecule has 0 aliphatic heterocycles. The summed E-state index contributed by atoms with van der Waals surface area (Å²) in [6.45, 7) is 2.27. The molecule has 1 aromatic heterocycles. The highest BCUT2D eigenvalue weighted by Crippen LogP contribution is 2.38. The van der Waals surface area contributed by atoms with Crippen molar-refractivity contribution in [3.8, 4) is 5.75 Å². The summed E-state index contributed by atoms with van der Waals surface area (Å²) in [6.07, 6.45) is 3.72. The molecule has 0 saturated carbocycles. The molecule has 0 unspecified atom stereocenters. The Morgan fingerprint density at radius 3 is 1.61 bits per heavy atom. The first-order valence-corrected chi connectivity index (χ1v) is 10.4. The highest BCUT2D eigenvalue weighted by atomic mass is 16.3. The summed E-state index contributed by atoms with van der Waals surface area (Å²) in [7, 11) is 0. The average molecular weight is 404 g/mol. The molecule has 0 aliphatic carbocycles. The number of hydrogen-bond acceptors (Lipinski definition) is 2. The molecule has 1 N–H and O–H groups in total. The van der Waals surface area contributed by atoms with Gasteiger partial charge in [-0.1, -0.05) is 97.1 Å². The summed E-state index contributed by atoms with van der Waals surface area (Å²) in [5.74, 6) is 0.350. The maximum Gasteiger partial charge on any atom is 0.123 e. The number of pyridine rings is 1. The van der Waals surface area contributed by atoms with Gasteiger partial charge in [0.25, 0.3) is 0 Å². The molecule has 0 amide bonds. The van der Waals surface area contributed by atoms with Crippen LogP contribution in [0.3, 0.4) is 0 Å². The lowest BCUT2D eigenvalue weighted by Crippen LogP contribution is -2.25. The van der Waals surface area contributed by atoms with Crippen molar-refractivity contribution in [3.63, 3.8) is 0 Å². The van der Waals surface area contributed by atoms with Gasteiger partial charge in [-0.05, 0) is 47.2 Å². The van der Waals surface area contributed by atoms with Crippen LogP contribution in [-0.2, 0) is 5.41 Å². The molecule has 2 nitrogen and oxygen atoms in total. The summed E-state index contributed by atoms with van der Waals surface area (Å²) in [6, 6.07) is 38.7. The fraction of sp³-hybridized carbons (Fsp3) is 0.0690. The maximum absolute atomic E-state index is 9.37. The standard InChI is InChI=1S/C19H17N.C10H8O/c1-19(16-8-4-2-5-9-16,17-10-6-3-7-11-17)18-12-14-20-15-13-18;11-10-7-3-5-8-4-1-2-6-9(8)10/h2-15H,1H3;1-7,11H. The van der Waals surface area contributed by atoms with Crippen LogP contribution in [0.25, 0.3) is 10.8 Å². The van der Waals surface area contributed by atoms with E-state index in [1.54, 1.807) is 6.07 Å². The molecule has 31 heavy (non-hydrogen) atoms. The summed E-state index contributed by atoms with van der Waals surface area (Å²) in [5.41, 5.74) is 3.67. The van der Waals surface area contributed by atoms with Crippen molar-refractivity contribution >= 4 is 10.8 Å². The third kappa shape index (κ3) is 4.34. The van der Waals surface area contributed by atoms with Crippen LogP contribution in [0.5, 0.6) is 5.75 Å². The molecule has 4 aromatic carbocycles. The third-order valence-corrected chi connectivity index (χ3v) is 5.73. The van der Waals surface area contributed by atoms with Gasteiger partial charge in [-0.2, -0.15) is 0 Å². The Morgan fingerprint density at radius 1 is 0.548 bits per heavy atom. The molecule has 2 heteroatoms. The molecule has 0 fully saturated rings. The maximum atomic E-state index is 9.37. The van der Waals surface area contributed by atoms with Crippen molar-refractivity contribution in [2.45, 2.75) is 12.3 Å².